The van der Waals surface area contributed by atoms with E-state index in [9.17, 15) is 8.78 Å². The fourth-order valence-corrected chi connectivity index (χ4v) is 1.80. The third kappa shape index (κ3) is 1.42. The Kier molecular flexibility index (Phi) is 1.97. The number of hydrogen-bond donors (Lipinski definition) is 1. The number of hydrogen-bond acceptors (Lipinski definition) is 2. The van der Waals surface area contributed by atoms with Gasteiger partial charge in [0.05, 0.1) is 0 Å². The van der Waals surface area contributed by atoms with Gasteiger partial charge in [-0.1, -0.05) is 10.8 Å². The van der Waals surface area contributed by atoms with E-state index in [0.29, 0.717) is 0 Å². The lowest BCUT2D eigenvalue weighted by molar-refractivity contribution is 0.0928. The van der Waals surface area contributed by atoms with Crippen LogP contribution in [0.2, 0.25) is 0 Å². The van der Waals surface area contributed by atoms with E-state index in [0.717, 1.165) is 0 Å². The third-order valence-corrected chi connectivity index (χ3v) is 4.07. The van der Waals surface area contributed by atoms with Crippen LogP contribution in [0.25, 0.3) is 0 Å². The highest BCUT2D eigenvalue weighted by molar-refractivity contribution is 8.69. The van der Waals surface area contributed by atoms with Gasteiger partial charge in [-0.05, 0) is 13.8 Å². The van der Waals surface area contributed by atoms with Crippen molar-refractivity contribution in [1.82, 2.24) is 0 Å². The molecule has 0 radical (unpaired) electrons. The molecule has 10 heavy (non-hydrogen) atoms. The molecule has 4 heteroatoms. The normalized spacial score (nSPS) is 30.3. The van der Waals surface area contributed by atoms with Gasteiger partial charge < -0.3 is 0 Å². The van der Waals surface area contributed by atoms with Crippen molar-refractivity contribution in [2.45, 2.75) is 30.9 Å². The number of halogens is 2. The molecule has 0 aliphatic heterocycles. The van der Waals surface area contributed by atoms with Crippen molar-refractivity contribution in [1.29, 1.82) is 0 Å². The van der Waals surface area contributed by atoms with Crippen LogP contribution in [0.3, 0.4) is 0 Å². The first-order chi connectivity index (χ1) is 4.40. The molecule has 0 saturated heterocycles. The molecule has 0 spiro atoms. The van der Waals surface area contributed by atoms with Gasteiger partial charge in [-0.15, -0.1) is 11.7 Å². The molecule has 1 aliphatic carbocycles. The van der Waals surface area contributed by atoms with Crippen LogP contribution in [0.1, 0.15) is 20.3 Å². The van der Waals surface area contributed by atoms with Crippen LogP contribution < -0.4 is 0 Å². The standard InChI is InChI=1S/C6H10F2S2/c1-5(2,10-9)4-3-6(4,7)8/h4,9H,3H2,1-2H3. The van der Waals surface area contributed by atoms with E-state index in [-0.39, 0.29) is 11.2 Å². The predicted molar refractivity (Wildman–Crippen MR) is 43.7 cm³/mol. The SMILES string of the molecule is CC(C)(SS)C1CC1(F)F. The summed E-state index contributed by atoms with van der Waals surface area (Å²) < 4.78 is 24.5. The number of alkyl halides is 2. The Balaban J connectivity index is 2.54. The van der Waals surface area contributed by atoms with Crippen LogP contribution in [0.15, 0.2) is 0 Å². The molecule has 60 valence electrons. The van der Waals surface area contributed by atoms with Crippen molar-refractivity contribution in [2.75, 3.05) is 0 Å². The summed E-state index contributed by atoms with van der Waals surface area (Å²) in [4.78, 5) is 0. The predicted octanol–water partition coefficient (Wildman–Crippen LogP) is 3.00. The maximum absolute atomic E-state index is 12.4. The van der Waals surface area contributed by atoms with Gasteiger partial charge in [0.2, 0.25) is 0 Å². The highest BCUT2D eigenvalue weighted by atomic mass is 33.1. The fraction of sp³-hybridized carbons (Fsp3) is 1.00. The van der Waals surface area contributed by atoms with Crippen LogP contribution in [0.4, 0.5) is 8.78 Å². The summed E-state index contributed by atoms with van der Waals surface area (Å²) in [6.07, 6.45) is 0.0353. The van der Waals surface area contributed by atoms with Crippen molar-refractivity contribution in [3.05, 3.63) is 0 Å². The molecule has 0 bridgehead atoms. The van der Waals surface area contributed by atoms with Crippen molar-refractivity contribution in [3.63, 3.8) is 0 Å². The Hall–Kier alpha value is 0.560. The molecule has 1 aliphatic rings. The molecule has 1 unspecified atom stereocenters. The van der Waals surface area contributed by atoms with E-state index in [2.05, 4.69) is 11.7 Å². The highest BCUT2D eigenvalue weighted by Crippen LogP contribution is 2.58. The summed E-state index contributed by atoms with van der Waals surface area (Å²) in [6, 6.07) is 0. The largest absolute Gasteiger partial charge is 0.253 e. The summed E-state index contributed by atoms with van der Waals surface area (Å²) in [5, 5.41) is 0. The summed E-state index contributed by atoms with van der Waals surface area (Å²) in [5.41, 5.74) is 0. The second-order valence-corrected chi connectivity index (χ2v) is 4.99. The number of rotatable bonds is 2. The zero-order valence-corrected chi connectivity index (χ0v) is 7.61. The molecule has 0 nitrogen and oxygen atoms in total. The Morgan fingerprint density at radius 3 is 2.10 bits per heavy atom. The smallest absolute Gasteiger partial charge is 0.207 e. The van der Waals surface area contributed by atoms with Crippen LogP contribution >= 0.6 is 22.5 Å². The zero-order chi connectivity index (χ0) is 7.99. The van der Waals surface area contributed by atoms with Gasteiger partial charge in [0.25, 0.3) is 5.92 Å². The monoisotopic (exact) mass is 184 g/mol. The van der Waals surface area contributed by atoms with Gasteiger partial charge in [0, 0.05) is 17.1 Å². The molecule has 1 atom stereocenters. The third-order valence-electron chi connectivity index (χ3n) is 1.90. The molecule has 0 aromatic carbocycles. The van der Waals surface area contributed by atoms with Crippen LogP contribution in [-0.4, -0.2) is 10.7 Å². The number of thiol groups is 1. The van der Waals surface area contributed by atoms with E-state index in [1.807, 2.05) is 0 Å². The molecule has 0 N–H and O–H groups in total. The van der Waals surface area contributed by atoms with Crippen molar-refractivity contribution < 1.29 is 8.78 Å². The zero-order valence-electron chi connectivity index (χ0n) is 5.90. The van der Waals surface area contributed by atoms with Gasteiger partial charge in [0.15, 0.2) is 0 Å². The summed E-state index contributed by atoms with van der Waals surface area (Å²) >= 11 is 3.94. The lowest BCUT2D eigenvalue weighted by atomic mass is 10.1. The van der Waals surface area contributed by atoms with E-state index in [1.165, 1.54) is 10.8 Å². The summed E-state index contributed by atoms with van der Waals surface area (Å²) in [5.74, 6) is -2.89. The Bertz CT molecular complexity index is 145. The van der Waals surface area contributed by atoms with E-state index < -0.39 is 11.8 Å². The minimum atomic E-state index is -2.42. The van der Waals surface area contributed by atoms with Gasteiger partial charge >= 0.3 is 0 Å². The minimum Gasteiger partial charge on any atom is -0.207 e. The average molecular weight is 184 g/mol. The molecule has 0 aromatic rings. The lowest BCUT2D eigenvalue weighted by Gasteiger charge is -2.19. The van der Waals surface area contributed by atoms with Crippen LogP contribution in [0, 0.1) is 5.92 Å². The van der Waals surface area contributed by atoms with Crippen LogP contribution in [-0.2, 0) is 0 Å². The topological polar surface area (TPSA) is 0 Å². The summed E-state index contributed by atoms with van der Waals surface area (Å²) in [7, 11) is 1.21. The minimum absolute atomic E-state index is 0.0353. The average Bonchev–Trinajstić information content (AvgIpc) is 2.41. The molecular weight excluding hydrogens is 174 g/mol. The quantitative estimate of drug-likeness (QED) is 0.508. The lowest BCUT2D eigenvalue weighted by Crippen LogP contribution is -2.20. The molecule has 0 heterocycles. The van der Waals surface area contributed by atoms with Crippen molar-refractivity contribution in [3.8, 4) is 0 Å². The fourth-order valence-electron chi connectivity index (χ4n) is 1.03. The van der Waals surface area contributed by atoms with E-state index in [4.69, 9.17) is 0 Å². The molecule has 0 amide bonds. The van der Waals surface area contributed by atoms with Gasteiger partial charge in [0.1, 0.15) is 0 Å². The first-order valence-corrected chi connectivity index (χ1v) is 4.97. The van der Waals surface area contributed by atoms with Gasteiger partial charge in [-0.25, -0.2) is 8.78 Å². The first-order valence-electron chi connectivity index (χ1n) is 3.10. The maximum atomic E-state index is 12.4. The van der Waals surface area contributed by atoms with E-state index >= 15 is 0 Å². The molecule has 1 fully saturated rings. The molecule has 0 aromatic heterocycles. The molecule has 1 saturated carbocycles. The first kappa shape index (κ1) is 8.65. The second-order valence-electron chi connectivity index (χ2n) is 3.21. The van der Waals surface area contributed by atoms with Gasteiger partial charge in [-0.2, -0.15) is 0 Å². The van der Waals surface area contributed by atoms with Crippen molar-refractivity contribution in [2.24, 2.45) is 5.92 Å². The Morgan fingerprint density at radius 1 is 1.60 bits per heavy atom. The summed E-state index contributed by atoms with van der Waals surface area (Å²) in [6.45, 7) is 3.60. The highest BCUT2D eigenvalue weighted by Gasteiger charge is 2.63. The Morgan fingerprint density at radius 2 is 2.00 bits per heavy atom. The molecular formula is C6H10F2S2. The van der Waals surface area contributed by atoms with Crippen molar-refractivity contribution >= 4 is 22.5 Å². The second kappa shape index (κ2) is 2.27. The Labute approximate surface area is 68.6 Å². The molecule has 1 rings (SSSR count). The van der Waals surface area contributed by atoms with E-state index in [1.54, 1.807) is 13.8 Å². The van der Waals surface area contributed by atoms with Crippen LogP contribution in [0.5, 0.6) is 0 Å². The maximum Gasteiger partial charge on any atom is 0.253 e. The van der Waals surface area contributed by atoms with Gasteiger partial charge in [-0.3, -0.25) is 0 Å².